The van der Waals surface area contributed by atoms with E-state index in [1.165, 1.54) is 154 Å². The number of carbonyl (C=O) groups excluding carboxylic acids is 2. The number of aliphatic carboxylic acids is 1. The van der Waals surface area contributed by atoms with Gasteiger partial charge in [0.05, 0.1) is 5.54 Å². The number of rotatable bonds is 35. The van der Waals surface area contributed by atoms with Crippen molar-refractivity contribution in [3.8, 4) is 0 Å². The Kier molecular flexibility index (Phi) is 27.6. The van der Waals surface area contributed by atoms with Gasteiger partial charge in [-0.1, -0.05) is 206 Å². The third kappa shape index (κ3) is 21.5. The molecule has 1 aliphatic heterocycles. The molecule has 0 radical (unpaired) electrons. The zero-order valence-corrected chi connectivity index (χ0v) is 30.8. The van der Waals surface area contributed by atoms with Gasteiger partial charge in [-0.15, -0.1) is 0 Å². The molecule has 0 aromatic heterocycles. The number of carbonyl (C=O) groups is 3. The maximum atomic E-state index is 13.6. The first-order valence-electron chi connectivity index (χ1n) is 20.5. The van der Waals surface area contributed by atoms with Crippen LogP contribution in [-0.2, 0) is 14.4 Å². The van der Waals surface area contributed by atoms with Crippen LogP contribution >= 0.6 is 0 Å². The molecule has 0 saturated carbocycles. The van der Waals surface area contributed by atoms with Gasteiger partial charge in [0.1, 0.15) is 5.92 Å². The van der Waals surface area contributed by atoms with Crippen molar-refractivity contribution in [2.75, 3.05) is 0 Å². The minimum Gasteiger partial charge on any atom is -0.481 e. The van der Waals surface area contributed by atoms with Gasteiger partial charge in [0.2, 0.25) is 5.91 Å². The van der Waals surface area contributed by atoms with Gasteiger partial charge in [-0.05, 0) is 19.3 Å². The molecule has 1 rings (SSSR count). The molecule has 1 heterocycles. The van der Waals surface area contributed by atoms with Crippen molar-refractivity contribution in [3.05, 3.63) is 0 Å². The van der Waals surface area contributed by atoms with Crippen LogP contribution in [0.3, 0.4) is 0 Å². The van der Waals surface area contributed by atoms with Gasteiger partial charge in [0.25, 0.3) is 0 Å². The summed E-state index contributed by atoms with van der Waals surface area (Å²) in [5, 5.41) is 12.9. The summed E-state index contributed by atoms with van der Waals surface area (Å²) >= 11 is 0. The number of ketones is 1. The normalized spacial score (nSPS) is 17.0. The molecular formula is C41H77NO4. The highest BCUT2D eigenvalue weighted by Gasteiger charge is 2.47. The first-order valence-corrected chi connectivity index (χ1v) is 20.5. The molecule has 5 heteroatoms. The van der Waals surface area contributed by atoms with Crippen LogP contribution in [0, 0.1) is 5.92 Å². The van der Waals surface area contributed by atoms with E-state index in [0.717, 1.165) is 38.5 Å². The van der Waals surface area contributed by atoms with Gasteiger partial charge in [0.15, 0.2) is 5.78 Å². The molecule has 2 N–H and O–H groups in total. The predicted octanol–water partition coefficient (Wildman–Crippen LogP) is 12.4. The monoisotopic (exact) mass is 648 g/mol. The third-order valence-electron chi connectivity index (χ3n) is 10.5. The van der Waals surface area contributed by atoms with Crippen LogP contribution in [0.25, 0.3) is 0 Å². The molecule has 2 atom stereocenters. The van der Waals surface area contributed by atoms with Gasteiger partial charge in [-0.2, -0.15) is 0 Å². The van der Waals surface area contributed by atoms with E-state index < -0.39 is 17.4 Å². The van der Waals surface area contributed by atoms with E-state index in [-0.39, 0.29) is 11.7 Å². The fraction of sp³-hybridized carbons (Fsp3) is 0.927. The fourth-order valence-electron chi connectivity index (χ4n) is 7.43. The lowest BCUT2D eigenvalue weighted by atomic mass is 9.78. The van der Waals surface area contributed by atoms with Crippen molar-refractivity contribution in [1.82, 2.24) is 5.32 Å². The number of hydrogen-bond acceptors (Lipinski definition) is 3. The quantitative estimate of drug-likeness (QED) is 0.0529. The summed E-state index contributed by atoms with van der Waals surface area (Å²) in [4.78, 5) is 38.0. The lowest BCUT2D eigenvalue weighted by molar-refractivity contribution is -0.149. The highest BCUT2D eigenvalue weighted by atomic mass is 16.4. The number of nitrogens with one attached hydrogen (secondary N) is 1. The van der Waals surface area contributed by atoms with E-state index in [1.807, 2.05) is 0 Å². The summed E-state index contributed by atoms with van der Waals surface area (Å²) in [6.07, 6.45) is 40.0. The first-order chi connectivity index (χ1) is 22.5. The molecule has 0 bridgehead atoms. The summed E-state index contributed by atoms with van der Waals surface area (Å²) in [6, 6.07) is 0. The molecule has 46 heavy (non-hydrogen) atoms. The second-order valence-corrected chi connectivity index (χ2v) is 14.8. The van der Waals surface area contributed by atoms with Crippen LogP contribution in [0.2, 0.25) is 0 Å². The Morgan fingerprint density at radius 1 is 0.565 bits per heavy atom. The summed E-state index contributed by atoms with van der Waals surface area (Å²) in [6.45, 7) is 4.54. The molecule has 0 aromatic rings. The van der Waals surface area contributed by atoms with E-state index >= 15 is 0 Å². The molecule has 0 aliphatic carbocycles. The third-order valence-corrected chi connectivity index (χ3v) is 10.5. The molecule has 1 saturated heterocycles. The maximum absolute atomic E-state index is 13.6. The Bertz CT molecular complexity index is 753. The van der Waals surface area contributed by atoms with Crippen LogP contribution in [-0.4, -0.2) is 28.3 Å². The van der Waals surface area contributed by atoms with E-state index in [2.05, 4.69) is 19.2 Å². The summed E-state index contributed by atoms with van der Waals surface area (Å²) < 4.78 is 0. The van der Waals surface area contributed by atoms with Gasteiger partial charge in [-0.3, -0.25) is 14.4 Å². The first kappa shape index (κ1) is 42.6. The average Bonchev–Trinajstić information content (AvgIpc) is 3.43. The Hall–Kier alpha value is -1.39. The van der Waals surface area contributed by atoms with E-state index in [1.54, 1.807) is 0 Å². The van der Waals surface area contributed by atoms with E-state index in [9.17, 15) is 19.5 Å². The highest BCUT2D eigenvalue weighted by molar-refractivity contribution is 6.06. The van der Waals surface area contributed by atoms with Crippen molar-refractivity contribution in [3.63, 3.8) is 0 Å². The number of Topliss-reactive ketones (excluding diaryl/α,β-unsaturated/α-hetero) is 1. The Labute approximate surface area is 285 Å². The van der Waals surface area contributed by atoms with Crippen molar-refractivity contribution in [2.45, 2.75) is 238 Å². The van der Waals surface area contributed by atoms with Crippen LogP contribution in [0.15, 0.2) is 0 Å². The fourth-order valence-corrected chi connectivity index (χ4v) is 7.43. The summed E-state index contributed by atoms with van der Waals surface area (Å²) in [5.74, 6) is -2.38. The SMILES string of the molecule is CCCCCCCCCCCCCCCCCCC1(C(=O)C(CCCCCCCCCCCCCCCC)C(=O)O)CCC(=O)N1. The lowest BCUT2D eigenvalue weighted by Crippen LogP contribution is -2.53. The minimum absolute atomic E-state index is 0.106. The highest BCUT2D eigenvalue weighted by Crippen LogP contribution is 2.32. The summed E-state index contributed by atoms with van der Waals surface area (Å²) in [5.41, 5.74) is -0.966. The number of carboxylic acids is 1. The molecule has 0 aromatic carbocycles. The number of hydrogen-bond donors (Lipinski definition) is 2. The molecule has 0 spiro atoms. The number of amides is 1. The van der Waals surface area contributed by atoms with Crippen molar-refractivity contribution < 1.29 is 19.5 Å². The van der Waals surface area contributed by atoms with Gasteiger partial charge < -0.3 is 10.4 Å². The van der Waals surface area contributed by atoms with Crippen molar-refractivity contribution in [2.24, 2.45) is 5.92 Å². The van der Waals surface area contributed by atoms with Crippen LogP contribution < -0.4 is 5.32 Å². The lowest BCUT2D eigenvalue weighted by Gasteiger charge is -2.30. The second-order valence-electron chi connectivity index (χ2n) is 14.8. The maximum Gasteiger partial charge on any atom is 0.314 e. The Morgan fingerprint density at radius 3 is 1.20 bits per heavy atom. The minimum atomic E-state index is -1.02. The van der Waals surface area contributed by atoms with Crippen molar-refractivity contribution >= 4 is 17.7 Å². The Morgan fingerprint density at radius 2 is 0.891 bits per heavy atom. The van der Waals surface area contributed by atoms with Crippen molar-refractivity contribution in [1.29, 1.82) is 0 Å². The van der Waals surface area contributed by atoms with E-state index in [0.29, 0.717) is 25.7 Å². The average molecular weight is 648 g/mol. The standard InChI is InChI=1S/C41H77NO4/c1-3-5-7-9-11-13-15-17-19-20-22-24-26-28-30-32-35-41(36-34-38(43)42-41)39(44)37(40(45)46)33-31-29-27-25-23-21-18-16-14-12-10-8-6-4-2/h37H,3-36H2,1-2H3,(H,42,43)(H,45,46). The zero-order valence-electron chi connectivity index (χ0n) is 30.8. The summed E-state index contributed by atoms with van der Waals surface area (Å²) in [7, 11) is 0. The Balaban J connectivity index is 2.18. The number of carboxylic acid groups (broad SMARTS) is 1. The largest absolute Gasteiger partial charge is 0.481 e. The van der Waals surface area contributed by atoms with Crippen LogP contribution in [0.4, 0.5) is 0 Å². The van der Waals surface area contributed by atoms with Crippen LogP contribution in [0.5, 0.6) is 0 Å². The van der Waals surface area contributed by atoms with Gasteiger partial charge in [0, 0.05) is 6.42 Å². The molecule has 1 fully saturated rings. The topological polar surface area (TPSA) is 83.5 Å². The van der Waals surface area contributed by atoms with Gasteiger partial charge >= 0.3 is 5.97 Å². The van der Waals surface area contributed by atoms with Gasteiger partial charge in [-0.25, -0.2) is 0 Å². The van der Waals surface area contributed by atoms with Crippen LogP contribution in [0.1, 0.15) is 232 Å². The molecule has 5 nitrogen and oxygen atoms in total. The second kappa shape index (κ2) is 29.7. The van der Waals surface area contributed by atoms with E-state index in [4.69, 9.17) is 0 Å². The zero-order chi connectivity index (χ0) is 33.6. The molecule has 1 aliphatic rings. The molecule has 2 unspecified atom stereocenters. The predicted molar refractivity (Wildman–Crippen MR) is 195 cm³/mol. The number of unbranched alkanes of at least 4 members (excludes halogenated alkanes) is 28. The molecule has 270 valence electrons. The smallest absolute Gasteiger partial charge is 0.314 e. The molecular weight excluding hydrogens is 570 g/mol. The molecule has 1 amide bonds.